The number of rotatable bonds is 6. The summed E-state index contributed by atoms with van der Waals surface area (Å²) in [5.74, 6) is -1.53. The number of thiazole rings is 1. The smallest absolute Gasteiger partial charge is 0.270 e. The normalized spacial score (nSPS) is 12.8. The molecule has 34 heavy (non-hydrogen) atoms. The number of non-ortho nitro benzene ring substituents is 1. The first-order chi connectivity index (χ1) is 16.4. The minimum Gasteiger partial charge on any atom is -0.496 e. The van der Waals surface area contributed by atoms with Crippen LogP contribution in [-0.4, -0.2) is 55.8 Å². The summed E-state index contributed by atoms with van der Waals surface area (Å²) in [6, 6.07) is 10.7. The quantitative estimate of drug-likeness (QED) is 0.252. The van der Waals surface area contributed by atoms with Crippen LogP contribution < -0.4 is 10.1 Å². The van der Waals surface area contributed by atoms with Gasteiger partial charge < -0.3 is 4.74 Å². The van der Waals surface area contributed by atoms with Crippen molar-refractivity contribution in [3.8, 4) is 17.0 Å². The number of hydrogen-bond acceptors (Lipinski definition) is 9. The number of para-hydroxylation sites is 1. The molecule has 5 rings (SSSR count). The average molecular weight is 478 g/mol. The minimum absolute atomic E-state index is 0.000227. The fourth-order valence-corrected chi connectivity index (χ4v) is 4.44. The standard InChI is InChI=1S/C21H14N6O6S/c1-33-16-5-3-2-4-13(16)15-10-34-21-23-20(24-26(15)21)22-17(28)9-25-18(29)12-7-6-11(27(31)32)8-14(12)19(25)30/h2-8,10H,9H2,1H3,(H,22,24,28). The molecule has 12 nitrogen and oxygen atoms in total. The van der Waals surface area contributed by atoms with Crippen LogP contribution in [0.2, 0.25) is 0 Å². The number of anilines is 1. The van der Waals surface area contributed by atoms with Crippen molar-refractivity contribution in [2.75, 3.05) is 19.0 Å². The number of benzene rings is 2. The molecule has 1 aliphatic rings. The number of nitro groups is 1. The Morgan fingerprint density at radius 3 is 2.68 bits per heavy atom. The van der Waals surface area contributed by atoms with Gasteiger partial charge in [-0.2, -0.15) is 4.98 Å². The summed E-state index contributed by atoms with van der Waals surface area (Å²) in [4.78, 5) is 53.5. The second-order valence-corrected chi connectivity index (χ2v) is 8.02. The van der Waals surface area contributed by atoms with E-state index in [1.807, 2.05) is 29.6 Å². The molecule has 0 radical (unpaired) electrons. The molecule has 2 aromatic carbocycles. The molecule has 170 valence electrons. The van der Waals surface area contributed by atoms with Crippen LogP contribution in [0.1, 0.15) is 20.7 Å². The summed E-state index contributed by atoms with van der Waals surface area (Å²) < 4.78 is 6.95. The van der Waals surface area contributed by atoms with Crippen LogP contribution in [-0.2, 0) is 4.79 Å². The van der Waals surface area contributed by atoms with E-state index < -0.39 is 29.2 Å². The second-order valence-electron chi connectivity index (χ2n) is 7.18. The van der Waals surface area contributed by atoms with E-state index in [2.05, 4.69) is 15.4 Å². The first-order valence-electron chi connectivity index (χ1n) is 9.79. The number of nitrogens with one attached hydrogen (secondary N) is 1. The molecule has 0 bridgehead atoms. The summed E-state index contributed by atoms with van der Waals surface area (Å²) >= 11 is 1.31. The van der Waals surface area contributed by atoms with Gasteiger partial charge in [0.1, 0.15) is 12.3 Å². The van der Waals surface area contributed by atoms with Gasteiger partial charge in [0.25, 0.3) is 23.5 Å². The number of amides is 3. The Balaban J connectivity index is 1.35. The molecule has 3 heterocycles. The molecular weight excluding hydrogens is 464 g/mol. The number of aromatic nitrogens is 3. The lowest BCUT2D eigenvalue weighted by molar-refractivity contribution is -0.384. The number of nitro benzene ring substituents is 1. The van der Waals surface area contributed by atoms with Gasteiger partial charge in [-0.15, -0.1) is 16.4 Å². The highest BCUT2D eigenvalue weighted by molar-refractivity contribution is 7.15. The Morgan fingerprint density at radius 2 is 1.91 bits per heavy atom. The number of carbonyl (C=O) groups is 3. The minimum atomic E-state index is -0.781. The van der Waals surface area contributed by atoms with Crippen molar-refractivity contribution < 1.29 is 24.0 Å². The third kappa shape index (κ3) is 3.44. The molecule has 2 aromatic heterocycles. The highest BCUT2D eigenvalue weighted by atomic mass is 32.1. The zero-order valence-corrected chi connectivity index (χ0v) is 18.2. The maximum Gasteiger partial charge on any atom is 0.270 e. The van der Waals surface area contributed by atoms with Crippen molar-refractivity contribution in [3.05, 3.63) is 69.1 Å². The predicted octanol–water partition coefficient (Wildman–Crippen LogP) is 2.61. The molecule has 0 unspecified atom stereocenters. The zero-order valence-electron chi connectivity index (χ0n) is 17.4. The van der Waals surface area contributed by atoms with E-state index in [-0.39, 0.29) is 22.8 Å². The van der Waals surface area contributed by atoms with E-state index in [0.29, 0.717) is 16.4 Å². The van der Waals surface area contributed by atoms with Gasteiger partial charge in [-0.1, -0.05) is 12.1 Å². The van der Waals surface area contributed by atoms with Crippen molar-refractivity contribution >= 4 is 45.7 Å². The first kappa shape index (κ1) is 21.2. The monoisotopic (exact) mass is 478 g/mol. The van der Waals surface area contributed by atoms with Crippen LogP contribution in [0.5, 0.6) is 5.75 Å². The fraction of sp³-hybridized carbons (Fsp3) is 0.0952. The number of hydrogen-bond donors (Lipinski definition) is 1. The summed E-state index contributed by atoms with van der Waals surface area (Å²) in [7, 11) is 1.56. The summed E-state index contributed by atoms with van der Waals surface area (Å²) in [6.45, 7) is -0.591. The van der Waals surface area contributed by atoms with E-state index in [9.17, 15) is 24.5 Å². The summed E-state index contributed by atoms with van der Waals surface area (Å²) in [5, 5.41) is 19.6. The number of imide groups is 1. The third-order valence-electron chi connectivity index (χ3n) is 5.18. The van der Waals surface area contributed by atoms with E-state index >= 15 is 0 Å². The summed E-state index contributed by atoms with van der Waals surface area (Å²) in [6.07, 6.45) is 0. The van der Waals surface area contributed by atoms with E-state index in [1.54, 1.807) is 11.6 Å². The maximum atomic E-state index is 12.6. The van der Waals surface area contributed by atoms with E-state index in [4.69, 9.17) is 4.74 Å². The molecule has 0 saturated heterocycles. The van der Waals surface area contributed by atoms with Gasteiger partial charge in [-0.25, -0.2) is 4.52 Å². The molecule has 4 aromatic rings. The van der Waals surface area contributed by atoms with Gasteiger partial charge in [-0.05, 0) is 18.2 Å². The Bertz CT molecular complexity index is 1510. The molecule has 0 spiro atoms. The topological polar surface area (TPSA) is 149 Å². The summed E-state index contributed by atoms with van der Waals surface area (Å²) in [5.41, 5.74) is 1.07. The lowest BCUT2D eigenvalue weighted by atomic mass is 10.1. The van der Waals surface area contributed by atoms with Crippen LogP contribution in [0.25, 0.3) is 16.2 Å². The molecule has 0 atom stereocenters. The Kier molecular flexibility index (Phi) is 5.02. The largest absolute Gasteiger partial charge is 0.496 e. The molecular formula is C21H14N6O6S. The van der Waals surface area contributed by atoms with Gasteiger partial charge in [0.15, 0.2) is 0 Å². The van der Waals surface area contributed by atoms with E-state index in [0.717, 1.165) is 22.6 Å². The number of fused-ring (bicyclic) bond motifs is 2. The lowest BCUT2D eigenvalue weighted by Gasteiger charge is -2.12. The Morgan fingerprint density at radius 1 is 1.15 bits per heavy atom. The van der Waals surface area contributed by atoms with Gasteiger partial charge in [0.2, 0.25) is 10.9 Å². The van der Waals surface area contributed by atoms with Gasteiger partial charge in [0.05, 0.1) is 28.9 Å². The highest BCUT2D eigenvalue weighted by Gasteiger charge is 2.38. The molecule has 0 fully saturated rings. The Hall–Kier alpha value is -4.65. The van der Waals surface area contributed by atoms with Crippen molar-refractivity contribution in [1.29, 1.82) is 0 Å². The number of nitrogens with zero attached hydrogens (tertiary/aromatic N) is 5. The van der Waals surface area contributed by atoms with Crippen LogP contribution in [0.15, 0.2) is 47.8 Å². The molecule has 1 N–H and O–H groups in total. The Labute approximate surface area is 194 Å². The highest BCUT2D eigenvalue weighted by Crippen LogP contribution is 2.32. The van der Waals surface area contributed by atoms with Crippen LogP contribution >= 0.6 is 11.3 Å². The second kappa shape index (κ2) is 8.04. The van der Waals surface area contributed by atoms with Gasteiger partial charge >= 0.3 is 0 Å². The first-order valence-corrected chi connectivity index (χ1v) is 10.7. The number of ether oxygens (including phenoxy) is 1. The van der Waals surface area contributed by atoms with Crippen LogP contribution in [0.4, 0.5) is 11.6 Å². The molecule has 1 aliphatic heterocycles. The van der Waals surface area contributed by atoms with Crippen molar-refractivity contribution in [2.45, 2.75) is 0 Å². The average Bonchev–Trinajstić information content (AvgIpc) is 3.47. The zero-order chi connectivity index (χ0) is 24.0. The van der Waals surface area contributed by atoms with Crippen molar-refractivity contribution in [1.82, 2.24) is 19.5 Å². The third-order valence-corrected chi connectivity index (χ3v) is 6.00. The van der Waals surface area contributed by atoms with Crippen LogP contribution in [0, 0.1) is 10.1 Å². The van der Waals surface area contributed by atoms with Crippen molar-refractivity contribution in [3.63, 3.8) is 0 Å². The molecule has 13 heteroatoms. The van der Waals surface area contributed by atoms with E-state index in [1.165, 1.54) is 17.4 Å². The van der Waals surface area contributed by atoms with Gasteiger partial charge in [-0.3, -0.25) is 34.7 Å². The van der Waals surface area contributed by atoms with Gasteiger partial charge in [0, 0.05) is 23.1 Å². The predicted molar refractivity (Wildman–Crippen MR) is 120 cm³/mol. The number of carbonyl (C=O) groups excluding carboxylic acids is 3. The molecule has 3 amide bonds. The molecule has 0 saturated carbocycles. The molecule has 0 aliphatic carbocycles. The lowest BCUT2D eigenvalue weighted by Crippen LogP contribution is -2.37. The number of methoxy groups -OCH3 is 1. The SMILES string of the molecule is COc1ccccc1-c1csc2nc(NC(=O)CN3C(=O)c4ccc([N+](=O)[O-])cc4C3=O)nn12. The van der Waals surface area contributed by atoms with Crippen molar-refractivity contribution in [2.24, 2.45) is 0 Å². The van der Waals surface area contributed by atoms with Crippen LogP contribution in [0.3, 0.4) is 0 Å². The maximum absolute atomic E-state index is 12.6. The fourth-order valence-electron chi connectivity index (χ4n) is 3.62.